The number of aryl methyl sites for hydroxylation is 1. The summed E-state index contributed by atoms with van der Waals surface area (Å²) < 4.78 is 0. The first-order chi connectivity index (χ1) is 8.65. The van der Waals surface area contributed by atoms with Gasteiger partial charge in [-0.2, -0.15) is 0 Å². The molecule has 1 heterocycles. The second-order valence-electron chi connectivity index (χ2n) is 5.17. The molecule has 0 bridgehead atoms. The molecule has 1 aromatic heterocycles. The van der Waals surface area contributed by atoms with Gasteiger partial charge in [-0.3, -0.25) is 4.79 Å². The average Bonchev–Trinajstić information content (AvgIpc) is 2.83. The number of rotatable bonds is 4. The summed E-state index contributed by atoms with van der Waals surface area (Å²) in [5.74, 6) is 1.43. The third-order valence-electron chi connectivity index (χ3n) is 3.61. The van der Waals surface area contributed by atoms with Gasteiger partial charge in [0.25, 0.3) is 0 Å². The van der Waals surface area contributed by atoms with E-state index in [1.54, 1.807) is 6.20 Å². The number of hydrogen-bond acceptors (Lipinski definition) is 3. The third-order valence-corrected chi connectivity index (χ3v) is 3.61. The van der Waals surface area contributed by atoms with Crippen LogP contribution in [0.5, 0.6) is 0 Å². The minimum atomic E-state index is 0.0577. The lowest BCUT2D eigenvalue weighted by atomic mass is 10.0. The SMILES string of the molecule is Cc1cc(N)cnc1NC(=O)CCC1CCCC1. The molecule has 1 aromatic rings. The van der Waals surface area contributed by atoms with Crippen molar-refractivity contribution in [1.82, 2.24) is 4.98 Å². The monoisotopic (exact) mass is 247 g/mol. The molecule has 1 saturated carbocycles. The molecule has 0 unspecified atom stereocenters. The van der Waals surface area contributed by atoms with E-state index in [1.807, 2.05) is 13.0 Å². The topological polar surface area (TPSA) is 68.0 Å². The standard InChI is InChI=1S/C14H21N3O/c1-10-8-12(15)9-16-14(10)17-13(18)7-6-11-4-2-3-5-11/h8-9,11H,2-7,15H2,1H3,(H,16,17,18). The molecule has 1 aliphatic rings. The number of carbonyl (C=O) groups is 1. The Balaban J connectivity index is 1.82. The maximum atomic E-state index is 11.8. The van der Waals surface area contributed by atoms with Crippen LogP contribution in [0.3, 0.4) is 0 Å². The number of nitrogens with zero attached hydrogens (tertiary/aromatic N) is 1. The quantitative estimate of drug-likeness (QED) is 0.859. The lowest BCUT2D eigenvalue weighted by molar-refractivity contribution is -0.116. The molecule has 0 radical (unpaired) electrons. The first-order valence-electron chi connectivity index (χ1n) is 6.67. The summed E-state index contributed by atoms with van der Waals surface area (Å²) in [6.07, 6.45) is 8.38. The normalized spacial score (nSPS) is 15.8. The Morgan fingerprint density at radius 3 is 2.89 bits per heavy atom. The van der Waals surface area contributed by atoms with E-state index in [9.17, 15) is 4.79 Å². The van der Waals surface area contributed by atoms with Crippen molar-refractivity contribution in [2.45, 2.75) is 45.4 Å². The summed E-state index contributed by atoms with van der Waals surface area (Å²) in [4.78, 5) is 16.0. The van der Waals surface area contributed by atoms with Crippen LogP contribution in [0.15, 0.2) is 12.3 Å². The molecule has 4 heteroatoms. The summed E-state index contributed by atoms with van der Waals surface area (Å²) in [5, 5.41) is 2.86. The van der Waals surface area contributed by atoms with Gasteiger partial charge in [-0.25, -0.2) is 4.98 Å². The van der Waals surface area contributed by atoms with Crippen LogP contribution in [0.1, 0.15) is 44.1 Å². The molecule has 98 valence electrons. The van der Waals surface area contributed by atoms with Crippen LogP contribution in [-0.2, 0) is 4.79 Å². The fourth-order valence-corrected chi connectivity index (χ4v) is 2.56. The number of aromatic nitrogens is 1. The van der Waals surface area contributed by atoms with Gasteiger partial charge in [0.15, 0.2) is 0 Å². The Labute approximate surface area is 108 Å². The lowest BCUT2D eigenvalue weighted by Gasteiger charge is -2.10. The second kappa shape index (κ2) is 5.85. The molecule has 0 aromatic carbocycles. The number of hydrogen-bond donors (Lipinski definition) is 2. The van der Waals surface area contributed by atoms with E-state index >= 15 is 0 Å². The Kier molecular flexibility index (Phi) is 4.18. The predicted molar refractivity (Wildman–Crippen MR) is 73.2 cm³/mol. The van der Waals surface area contributed by atoms with E-state index in [0.717, 1.165) is 17.9 Å². The van der Waals surface area contributed by atoms with Gasteiger partial charge >= 0.3 is 0 Å². The van der Waals surface area contributed by atoms with Crippen molar-refractivity contribution in [1.29, 1.82) is 0 Å². The third kappa shape index (κ3) is 3.45. The molecule has 3 N–H and O–H groups in total. The maximum Gasteiger partial charge on any atom is 0.225 e. The van der Waals surface area contributed by atoms with Crippen molar-refractivity contribution in [3.63, 3.8) is 0 Å². The van der Waals surface area contributed by atoms with E-state index in [0.29, 0.717) is 17.9 Å². The van der Waals surface area contributed by atoms with Crippen LogP contribution >= 0.6 is 0 Å². The molecular weight excluding hydrogens is 226 g/mol. The number of nitrogen functional groups attached to an aromatic ring is 1. The van der Waals surface area contributed by atoms with Crippen molar-refractivity contribution in [2.75, 3.05) is 11.1 Å². The van der Waals surface area contributed by atoms with Crippen LogP contribution in [-0.4, -0.2) is 10.9 Å². The minimum Gasteiger partial charge on any atom is -0.397 e. The van der Waals surface area contributed by atoms with Gasteiger partial charge in [-0.05, 0) is 30.9 Å². The molecule has 2 rings (SSSR count). The van der Waals surface area contributed by atoms with E-state index in [-0.39, 0.29) is 5.91 Å². The fourth-order valence-electron chi connectivity index (χ4n) is 2.56. The van der Waals surface area contributed by atoms with Crippen LogP contribution in [0, 0.1) is 12.8 Å². The maximum absolute atomic E-state index is 11.8. The van der Waals surface area contributed by atoms with Crippen molar-refractivity contribution >= 4 is 17.4 Å². The number of nitrogens with two attached hydrogens (primary N) is 1. The van der Waals surface area contributed by atoms with Gasteiger partial charge in [0.2, 0.25) is 5.91 Å². The Morgan fingerprint density at radius 1 is 1.50 bits per heavy atom. The summed E-state index contributed by atoms with van der Waals surface area (Å²) in [6, 6.07) is 1.82. The zero-order chi connectivity index (χ0) is 13.0. The molecule has 4 nitrogen and oxygen atoms in total. The average molecular weight is 247 g/mol. The molecule has 1 aliphatic carbocycles. The van der Waals surface area contributed by atoms with Crippen molar-refractivity contribution < 1.29 is 4.79 Å². The highest BCUT2D eigenvalue weighted by Crippen LogP contribution is 2.28. The Bertz CT molecular complexity index is 425. The van der Waals surface area contributed by atoms with E-state index in [4.69, 9.17) is 5.73 Å². The number of nitrogens with one attached hydrogen (secondary N) is 1. The van der Waals surface area contributed by atoms with Gasteiger partial charge in [0.05, 0.1) is 11.9 Å². The number of pyridine rings is 1. The zero-order valence-electron chi connectivity index (χ0n) is 10.9. The Hall–Kier alpha value is -1.58. The van der Waals surface area contributed by atoms with E-state index in [2.05, 4.69) is 10.3 Å². The van der Waals surface area contributed by atoms with Gasteiger partial charge in [0.1, 0.15) is 5.82 Å². The largest absolute Gasteiger partial charge is 0.397 e. The Morgan fingerprint density at radius 2 is 2.22 bits per heavy atom. The van der Waals surface area contributed by atoms with Gasteiger partial charge < -0.3 is 11.1 Å². The van der Waals surface area contributed by atoms with Crippen LogP contribution in [0.25, 0.3) is 0 Å². The molecule has 1 fully saturated rings. The van der Waals surface area contributed by atoms with Crippen LogP contribution < -0.4 is 11.1 Å². The highest BCUT2D eigenvalue weighted by Gasteiger charge is 2.16. The zero-order valence-corrected chi connectivity index (χ0v) is 10.9. The van der Waals surface area contributed by atoms with Gasteiger partial charge in [-0.1, -0.05) is 25.7 Å². The highest BCUT2D eigenvalue weighted by molar-refractivity contribution is 5.90. The van der Waals surface area contributed by atoms with Crippen LogP contribution in [0.4, 0.5) is 11.5 Å². The van der Waals surface area contributed by atoms with Gasteiger partial charge in [0, 0.05) is 6.42 Å². The molecule has 1 amide bonds. The molecule has 0 aliphatic heterocycles. The second-order valence-corrected chi connectivity index (χ2v) is 5.17. The van der Waals surface area contributed by atoms with Crippen molar-refractivity contribution in [2.24, 2.45) is 5.92 Å². The first-order valence-corrected chi connectivity index (χ1v) is 6.67. The molecule has 0 spiro atoms. The summed E-state index contributed by atoms with van der Waals surface area (Å²) in [7, 11) is 0. The number of carbonyl (C=O) groups excluding carboxylic acids is 1. The van der Waals surface area contributed by atoms with Gasteiger partial charge in [-0.15, -0.1) is 0 Å². The smallest absolute Gasteiger partial charge is 0.225 e. The fraction of sp³-hybridized carbons (Fsp3) is 0.571. The van der Waals surface area contributed by atoms with E-state index in [1.165, 1.54) is 25.7 Å². The molecule has 18 heavy (non-hydrogen) atoms. The van der Waals surface area contributed by atoms with Crippen molar-refractivity contribution in [3.8, 4) is 0 Å². The predicted octanol–water partition coefficient (Wildman–Crippen LogP) is 2.88. The highest BCUT2D eigenvalue weighted by atomic mass is 16.1. The number of amides is 1. The molecule has 0 saturated heterocycles. The number of anilines is 2. The summed E-state index contributed by atoms with van der Waals surface area (Å²) >= 11 is 0. The molecular formula is C14H21N3O. The first kappa shape index (κ1) is 12.9. The minimum absolute atomic E-state index is 0.0577. The molecule has 0 atom stereocenters. The lowest BCUT2D eigenvalue weighted by Crippen LogP contribution is -2.14. The van der Waals surface area contributed by atoms with Crippen molar-refractivity contribution in [3.05, 3.63) is 17.8 Å². The summed E-state index contributed by atoms with van der Waals surface area (Å²) in [6.45, 7) is 1.90. The van der Waals surface area contributed by atoms with E-state index < -0.39 is 0 Å². The van der Waals surface area contributed by atoms with Crippen LogP contribution in [0.2, 0.25) is 0 Å². The summed E-state index contributed by atoms with van der Waals surface area (Å²) in [5.41, 5.74) is 7.15.